The first-order valence-electron chi connectivity index (χ1n) is 6.74. The number of nitriles is 2. The van der Waals surface area contributed by atoms with E-state index in [4.69, 9.17) is 0 Å². The monoisotopic (exact) mass is 308 g/mol. The van der Waals surface area contributed by atoms with Crippen LogP contribution in [-0.2, 0) is 0 Å². The molecule has 0 saturated carbocycles. The van der Waals surface area contributed by atoms with Crippen molar-refractivity contribution < 1.29 is 9.18 Å². The number of nitrogens with one attached hydrogen (secondary N) is 1. The number of benzene rings is 1. The second kappa shape index (κ2) is 6.59. The standard InChI is InChI=1S/C17H13FN4O/c1-11-3-4-12(2)22(11)16(10-20)15(9-19)21-17(23)13-5-7-14(18)8-6-13/h3-8H,1-2H3,(H,21,23)/b16-15+. The lowest BCUT2D eigenvalue weighted by atomic mass is 10.2. The lowest BCUT2D eigenvalue weighted by Crippen LogP contribution is -2.24. The predicted octanol–water partition coefficient (Wildman–Crippen LogP) is 2.89. The van der Waals surface area contributed by atoms with Crippen molar-refractivity contribution in [2.45, 2.75) is 13.8 Å². The van der Waals surface area contributed by atoms with E-state index in [1.54, 1.807) is 18.4 Å². The maximum atomic E-state index is 12.9. The van der Waals surface area contributed by atoms with E-state index in [2.05, 4.69) is 5.32 Å². The van der Waals surface area contributed by atoms with Crippen molar-refractivity contribution in [1.82, 2.24) is 9.88 Å². The smallest absolute Gasteiger partial charge is 0.256 e. The van der Waals surface area contributed by atoms with Crippen LogP contribution in [0.1, 0.15) is 21.7 Å². The number of hydrogen-bond acceptors (Lipinski definition) is 3. The summed E-state index contributed by atoms with van der Waals surface area (Å²) in [5.74, 6) is -1.05. The van der Waals surface area contributed by atoms with Crippen molar-refractivity contribution in [2.75, 3.05) is 0 Å². The SMILES string of the molecule is Cc1ccc(C)n1/C(C#N)=C(\C#N)NC(=O)c1ccc(F)cc1. The zero-order valence-electron chi connectivity index (χ0n) is 12.6. The number of carbonyl (C=O) groups is 1. The Kier molecular flexibility index (Phi) is 4.58. The van der Waals surface area contributed by atoms with Gasteiger partial charge in [0.05, 0.1) is 0 Å². The summed E-state index contributed by atoms with van der Waals surface area (Å²) < 4.78 is 14.5. The number of aromatic nitrogens is 1. The summed E-state index contributed by atoms with van der Waals surface area (Å²) in [4.78, 5) is 12.1. The van der Waals surface area contributed by atoms with Gasteiger partial charge in [-0.1, -0.05) is 0 Å². The molecule has 1 N–H and O–H groups in total. The molecule has 0 atom stereocenters. The van der Waals surface area contributed by atoms with E-state index in [-0.39, 0.29) is 17.0 Å². The number of hydrogen-bond donors (Lipinski definition) is 1. The van der Waals surface area contributed by atoms with Gasteiger partial charge in [0.25, 0.3) is 5.91 Å². The van der Waals surface area contributed by atoms with Gasteiger partial charge in [0.2, 0.25) is 0 Å². The first-order chi connectivity index (χ1) is 11.0. The Balaban J connectivity index is 2.42. The van der Waals surface area contributed by atoms with E-state index >= 15 is 0 Å². The Bertz CT molecular complexity index is 844. The van der Waals surface area contributed by atoms with Gasteiger partial charge in [-0.15, -0.1) is 0 Å². The second-order valence-corrected chi connectivity index (χ2v) is 4.86. The molecule has 2 rings (SSSR count). The van der Waals surface area contributed by atoms with Crippen LogP contribution in [-0.4, -0.2) is 10.5 Å². The molecule has 1 heterocycles. The maximum absolute atomic E-state index is 12.9. The molecule has 0 spiro atoms. The molecule has 0 aliphatic carbocycles. The summed E-state index contributed by atoms with van der Waals surface area (Å²) in [6.07, 6.45) is 0. The Hall–Kier alpha value is -3.38. The number of aryl methyl sites for hydroxylation is 2. The molecule has 23 heavy (non-hydrogen) atoms. The molecule has 0 fully saturated rings. The largest absolute Gasteiger partial charge is 0.311 e. The molecule has 0 aliphatic heterocycles. The fourth-order valence-corrected chi connectivity index (χ4v) is 2.17. The molecule has 2 aromatic rings. The number of rotatable bonds is 3. The van der Waals surface area contributed by atoms with E-state index in [0.717, 1.165) is 23.5 Å². The van der Waals surface area contributed by atoms with Gasteiger partial charge in [-0.05, 0) is 50.2 Å². The van der Waals surface area contributed by atoms with Crippen molar-refractivity contribution in [3.05, 3.63) is 64.9 Å². The molecular formula is C17H13FN4O. The summed E-state index contributed by atoms with van der Waals surface area (Å²) in [6, 6.07) is 12.3. The third-order valence-corrected chi connectivity index (χ3v) is 3.29. The third kappa shape index (κ3) is 3.28. The van der Waals surface area contributed by atoms with Crippen molar-refractivity contribution in [1.29, 1.82) is 10.5 Å². The highest BCUT2D eigenvalue weighted by Gasteiger charge is 2.16. The molecular weight excluding hydrogens is 295 g/mol. The van der Waals surface area contributed by atoms with Crippen LogP contribution in [0.3, 0.4) is 0 Å². The summed E-state index contributed by atoms with van der Waals surface area (Å²) >= 11 is 0. The Morgan fingerprint density at radius 3 is 2.09 bits per heavy atom. The highest BCUT2D eigenvalue weighted by molar-refractivity contribution is 5.96. The molecule has 0 unspecified atom stereocenters. The van der Waals surface area contributed by atoms with Crippen molar-refractivity contribution >= 4 is 11.6 Å². The van der Waals surface area contributed by atoms with E-state index in [0.29, 0.717) is 0 Å². The third-order valence-electron chi connectivity index (χ3n) is 3.29. The minimum absolute atomic E-state index is 0.0305. The van der Waals surface area contributed by atoms with Gasteiger partial charge in [-0.2, -0.15) is 10.5 Å². The molecule has 1 aromatic heterocycles. The molecule has 114 valence electrons. The van der Waals surface area contributed by atoms with Crippen LogP contribution in [0.15, 0.2) is 42.1 Å². The number of halogens is 1. The Morgan fingerprint density at radius 2 is 1.61 bits per heavy atom. The minimum Gasteiger partial charge on any atom is -0.311 e. The van der Waals surface area contributed by atoms with E-state index in [9.17, 15) is 19.7 Å². The van der Waals surface area contributed by atoms with E-state index in [1.165, 1.54) is 12.1 Å². The molecule has 5 nitrogen and oxygen atoms in total. The number of carbonyl (C=O) groups excluding carboxylic acids is 1. The van der Waals surface area contributed by atoms with Crippen LogP contribution in [0.5, 0.6) is 0 Å². The molecule has 0 bridgehead atoms. The molecule has 1 amide bonds. The van der Waals surface area contributed by atoms with Crippen molar-refractivity contribution in [3.63, 3.8) is 0 Å². The van der Waals surface area contributed by atoms with Crippen molar-refractivity contribution in [2.24, 2.45) is 0 Å². The van der Waals surface area contributed by atoms with Crippen LogP contribution in [0.4, 0.5) is 4.39 Å². The molecule has 0 saturated heterocycles. The topological polar surface area (TPSA) is 81.6 Å². The number of amides is 1. The van der Waals surface area contributed by atoms with Gasteiger partial charge < -0.3 is 9.88 Å². The van der Waals surface area contributed by atoms with Gasteiger partial charge in [0, 0.05) is 17.0 Å². The fraction of sp³-hybridized carbons (Fsp3) is 0.118. The van der Waals surface area contributed by atoms with Gasteiger partial charge >= 0.3 is 0 Å². The zero-order chi connectivity index (χ0) is 17.0. The minimum atomic E-state index is -0.586. The second-order valence-electron chi connectivity index (χ2n) is 4.86. The average molecular weight is 308 g/mol. The van der Waals surface area contributed by atoms with Crippen LogP contribution in [0.2, 0.25) is 0 Å². The summed E-state index contributed by atoms with van der Waals surface area (Å²) in [5.41, 5.74) is 1.59. The van der Waals surface area contributed by atoms with E-state index < -0.39 is 11.7 Å². The van der Waals surface area contributed by atoms with Gasteiger partial charge in [-0.25, -0.2) is 4.39 Å². The van der Waals surface area contributed by atoms with Crippen LogP contribution in [0, 0.1) is 42.3 Å². The van der Waals surface area contributed by atoms with Crippen LogP contribution in [0.25, 0.3) is 5.70 Å². The first-order valence-corrected chi connectivity index (χ1v) is 6.74. The quantitative estimate of drug-likeness (QED) is 0.885. The van der Waals surface area contributed by atoms with Gasteiger partial charge in [-0.3, -0.25) is 4.79 Å². The fourth-order valence-electron chi connectivity index (χ4n) is 2.17. The summed E-state index contributed by atoms with van der Waals surface area (Å²) in [6.45, 7) is 3.59. The average Bonchev–Trinajstić information content (AvgIpc) is 2.87. The summed E-state index contributed by atoms with van der Waals surface area (Å²) in [5, 5.41) is 21.1. The molecule has 0 radical (unpaired) electrons. The predicted molar refractivity (Wildman–Crippen MR) is 82.2 cm³/mol. The lowest BCUT2D eigenvalue weighted by Gasteiger charge is -2.11. The summed E-state index contributed by atoms with van der Waals surface area (Å²) in [7, 11) is 0. The Labute approximate surface area is 132 Å². The van der Waals surface area contributed by atoms with Gasteiger partial charge in [0.1, 0.15) is 18.0 Å². The van der Waals surface area contributed by atoms with Crippen molar-refractivity contribution in [3.8, 4) is 12.1 Å². The van der Waals surface area contributed by atoms with Crippen LogP contribution >= 0.6 is 0 Å². The Morgan fingerprint density at radius 1 is 1.04 bits per heavy atom. The lowest BCUT2D eigenvalue weighted by molar-refractivity contribution is 0.0967. The maximum Gasteiger partial charge on any atom is 0.256 e. The highest BCUT2D eigenvalue weighted by Crippen LogP contribution is 2.17. The van der Waals surface area contributed by atoms with E-state index in [1.807, 2.05) is 24.3 Å². The molecule has 6 heteroatoms. The normalized spacial score (nSPS) is 11.2. The molecule has 1 aromatic carbocycles. The first kappa shape index (κ1) is 16.0. The van der Waals surface area contributed by atoms with Gasteiger partial charge in [0.15, 0.2) is 11.4 Å². The zero-order valence-corrected chi connectivity index (χ0v) is 12.6. The number of allylic oxidation sites excluding steroid dienone is 2. The van der Waals surface area contributed by atoms with Crippen LogP contribution < -0.4 is 5.32 Å². The highest BCUT2D eigenvalue weighted by atomic mass is 19.1. The number of nitrogens with zero attached hydrogens (tertiary/aromatic N) is 3. The molecule has 0 aliphatic rings.